The fourth-order valence-electron chi connectivity index (χ4n) is 5.38. The third kappa shape index (κ3) is 4.49. The van der Waals surface area contributed by atoms with E-state index in [2.05, 4.69) is 95.2 Å². The Morgan fingerprint density at radius 1 is 1.06 bits per heavy atom. The number of hydrogen-bond donors (Lipinski definition) is 0. The number of benzene rings is 2. The molecule has 1 aliphatic heterocycles. The maximum Gasteiger partial charge on any atom is 0.0992 e. The minimum atomic E-state index is 0.0192. The first-order chi connectivity index (χ1) is 17.0. The predicted octanol–water partition coefficient (Wildman–Crippen LogP) is 8.76. The number of likely N-dealkylation sites (N-methyl/N-ethyl adjacent to an activating group) is 1. The topological polar surface area (TPSA) is 39.4 Å². The molecule has 0 fully saturated rings. The van der Waals surface area contributed by atoms with Crippen molar-refractivity contribution in [2.24, 2.45) is 15.8 Å². The molecule has 0 atom stereocenters. The normalized spacial score (nSPS) is 19.4. The van der Waals surface area contributed by atoms with Gasteiger partial charge in [0.05, 0.1) is 34.4 Å². The maximum atomic E-state index is 9.51. The van der Waals surface area contributed by atoms with Crippen molar-refractivity contribution < 1.29 is 0 Å². The summed E-state index contributed by atoms with van der Waals surface area (Å²) in [4.78, 5) is 7.49. The van der Waals surface area contributed by atoms with Gasteiger partial charge in [-0.25, -0.2) is 4.99 Å². The number of aliphatic imine (C=N–C) groups is 1. The van der Waals surface area contributed by atoms with Crippen LogP contribution in [0.3, 0.4) is 0 Å². The Morgan fingerprint density at radius 3 is 2.25 bits per heavy atom. The molecule has 36 heavy (non-hydrogen) atoms. The van der Waals surface area contributed by atoms with Crippen LogP contribution in [0.2, 0.25) is 0 Å². The predicted molar refractivity (Wildman–Crippen MR) is 154 cm³/mol. The van der Waals surface area contributed by atoms with Gasteiger partial charge in [-0.15, -0.1) is 0 Å². The molecule has 3 nitrogen and oxygen atoms in total. The molecule has 2 aromatic rings. The zero-order chi connectivity index (χ0) is 26.3. The molecule has 0 N–H and O–H groups in total. The molecule has 3 heteroatoms. The summed E-state index contributed by atoms with van der Waals surface area (Å²) in [6.45, 7) is 22.6. The summed E-state index contributed by atoms with van der Waals surface area (Å²) >= 11 is 0. The largest absolute Gasteiger partial charge is 0.338 e. The van der Waals surface area contributed by atoms with E-state index in [9.17, 15) is 5.26 Å². The van der Waals surface area contributed by atoms with Crippen LogP contribution in [0.5, 0.6) is 0 Å². The van der Waals surface area contributed by atoms with Crippen LogP contribution in [-0.4, -0.2) is 12.3 Å². The van der Waals surface area contributed by atoms with Crippen molar-refractivity contribution in [1.82, 2.24) is 0 Å². The number of hydrogen-bond acceptors (Lipinski definition) is 3. The molecule has 0 amide bonds. The fourth-order valence-corrected chi connectivity index (χ4v) is 5.38. The summed E-state index contributed by atoms with van der Waals surface area (Å²) in [7, 11) is 0. The highest BCUT2D eigenvalue weighted by molar-refractivity contribution is 6.18. The third-order valence-electron chi connectivity index (χ3n) is 7.74. The second-order valence-corrected chi connectivity index (χ2v) is 11.2. The Labute approximate surface area is 216 Å². The van der Waals surface area contributed by atoms with Crippen molar-refractivity contribution in [2.75, 3.05) is 11.4 Å². The average Bonchev–Trinajstić information content (AvgIpc) is 2.85. The Bertz CT molecular complexity index is 1350. The Morgan fingerprint density at radius 2 is 1.69 bits per heavy atom. The van der Waals surface area contributed by atoms with Gasteiger partial charge >= 0.3 is 0 Å². The van der Waals surface area contributed by atoms with Crippen LogP contribution in [0.1, 0.15) is 71.1 Å². The van der Waals surface area contributed by atoms with Crippen molar-refractivity contribution in [3.63, 3.8) is 0 Å². The summed E-state index contributed by atoms with van der Waals surface area (Å²) < 4.78 is 0. The lowest BCUT2D eigenvalue weighted by Crippen LogP contribution is -2.33. The highest BCUT2D eigenvalue weighted by Crippen LogP contribution is 2.50. The van der Waals surface area contributed by atoms with Gasteiger partial charge in [0, 0.05) is 12.1 Å². The highest BCUT2D eigenvalue weighted by Gasteiger charge is 2.38. The van der Waals surface area contributed by atoms with Crippen molar-refractivity contribution in [2.45, 2.75) is 54.4 Å². The van der Waals surface area contributed by atoms with Crippen molar-refractivity contribution in [3.8, 4) is 6.07 Å². The molecule has 0 saturated heterocycles. The zero-order valence-electron chi connectivity index (χ0n) is 22.6. The van der Waals surface area contributed by atoms with Crippen LogP contribution < -0.4 is 4.90 Å². The summed E-state index contributed by atoms with van der Waals surface area (Å²) in [6, 6.07) is 16.5. The van der Waals surface area contributed by atoms with Gasteiger partial charge in [0.2, 0.25) is 0 Å². The number of rotatable bonds is 5. The highest BCUT2D eigenvalue weighted by atomic mass is 15.2. The number of fused-ring (bicyclic) bond motifs is 1. The molecule has 0 aromatic heterocycles. The molecule has 0 bridgehead atoms. The molecule has 0 unspecified atom stereocenters. The van der Waals surface area contributed by atoms with Gasteiger partial charge in [-0.3, -0.25) is 0 Å². The lowest BCUT2D eigenvalue weighted by Gasteiger charge is -2.43. The van der Waals surface area contributed by atoms with Gasteiger partial charge in [-0.05, 0) is 78.5 Å². The monoisotopic (exact) mass is 475 g/mol. The molecule has 1 heterocycles. The van der Waals surface area contributed by atoms with Crippen LogP contribution in [0.4, 0.5) is 11.4 Å². The van der Waals surface area contributed by atoms with Gasteiger partial charge in [0.15, 0.2) is 0 Å². The lowest BCUT2D eigenvalue weighted by molar-refractivity contribution is 0.273. The Kier molecular flexibility index (Phi) is 6.67. The van der Waals surface area contributed by atoms with E-state index in [-0.39, 0.29) is 10.8 Å². The molecule has 0 radical (unpaired) electrons. The van der Waals surface area contributed by atoms with Gasteiger partial charge in [-0.2, -0.15) is 5.26 Å². The Hall–Kier alpha value is -3.64. The molecular weight excluding hydrogens is 438 g/mol. The molecule has 2 aromatic carbocycles. The fraction of sp³-hybridized carbons (Fsp3) is 0.333. The lowest BCUT2D eigenvalue weighted by atomic mass is 9.63. The zero-order valence-corrected chi connectivity index (χ0v) is 22.6. The summed E-state index contributed by atoms with van der Waals surface area (Å²) in [5, 5.41) is 9.51. The minimum Gasteiger partial charge on any atom is -0.338 e. The van der Waals surface area contributed by atoms with E-state index in [1.165, 1.54) is 11.1 Å². The standard InChI is InChI=1S/C33H37N3/c1-9-26-27(33(7,8)18-17-32(26,5)6)20-30-31(25-14-12-24(13-15-25)22(3)4)35-28-19-23(21-34)11-16-29(28)36(30)10-2/h9,11-16,19-20H,1,3,10,17-18H2,2,4-8H3/b30-20-. The molecule has 0 saturated carbocycles. The van der Waals surface area contributed by atoms with Crippen LogP contribution in [0.25, 0.3) is 5.57 Å². The smallest absolute Gasteiger partial charge is 0.0992 e. The first-order valence-electron chi connectivity index (χ1n) is 12.8. The maximum absolute atomic E-state index is 9.51. The molecule has 1 aliphatic carbocycles. The summed E-state index contributed by atoms with van der Waals surface area (Å²) in [5.74, 6) is 0. The minimum absolute atomic E-state index is 0.0192. The second kappa shape index (κ2) is 9.43. The third-order valence-corrected chi connectivity index (χ3v) is 7.74. The van der Waals surface area contributed by atoms with Crippen LogP contribution in [-0.2, 0) is 0 Å². The average molecular weight is 476 g/mol. The van der Waals surface area contributed by atoms with Gasteiger partial charge < -0.3 is 4.90 Å². The Balaban J connectivity index is 2.02. The molecule has 0 spiro atoms. The number of allylic oxidation sites excluding steroid dienone is 6. The van der Waals surface area contributed by atoms with Crippen LogP contribution in [0, 0.1) is 22.2 Å². The summed E-state index contributed by atoms with van der Waals surface area (Å²) in [6.07, 6.45) is 6.66. The molecule has 184 valence electrons. The van der Waals surface area contributed by atoms with E-state index in [0.717, 1.165) is 58.9 Å². The molecule has 4 rings (SSSR count). The van der Waals surface area contributed by atoms with Gasteiger partial charge in [0.25, 0.3) is 0 Å². The van der Waals surface area contributed by atoms with Crippen LogP contribution >= 0.6 is 0 Å². The van der Waals surface area contributed by atoms with E-state index in [1.807, 2.05) is 25.1 Å². The number of anilines is 1. The first-order valence-corrected chi connectivity index (χ1v) is 12.8. The van der Waals surface area contributed by atoms with Crippen molar-refractivity contribution >= 4 is 22.7 Å². The number of nitriles is 1. The van der Waals surface area contributed by atoms with E-state index in [0.29, 0.717) is 5.56 Å². The van der Waals surface area contributed by atoms with E-state index >= 15 is 0 Å². The van der Waals surface area contributed by atoms with E-state index < -0.39 is 0 Å². The number of nitrogens with zero attached hydrogens (tertiary/aromatic N) is 3. The molecule has 2 aliphatic rings. The second-order valence-electron chi connectivity index (χ2n) is 11.2. The van der Waals surface area contributed by atoms with Gasteiger partial charge in [-0.1, -0.05) is 76.8 Å². The van der Waals surface area contributed by atoms with E-state index in [4.69, 9.17) is 4.99 Å². The van der Waals surface area contributed by atoms with Crippen molar-refractivity contribution in [1.29, 1.82) is 5.26 Å². The quantitative estimate of drug-likeness (QED) is 0.433. The molecular formula is C33H37N3. The first kappa shape index (κ1) is 25.5. The van der Waals surface area contributed by atoms with Gasteiger partial charge in [0.1, 0.15) is 0 Å². The van der Waals surface area contributed by atoms with Crippen LogP contribution in [0.15, 0.2) is 89.6 Å². The van der Waals surface area contributed by atoms with E-state index in [1.54, 1.807) is 0 Å². The summed E-state index contributed by atoms with van der Waals surface area (Å²) in [5.41, 5.74) is 10.4. The van der Waals surface area contributed by atoms with Crippen molar-refractivity contribution in [3.05, 3.63) is 101 Å². The SMILES string of the molecule is C=CC1=C(/C=C2/C(c3ccc(C(=C)C)cc3)=Nc3cc(C#N)ccc3N2CC)C(C)(C)CCC1(C)C.